The number of nitrogens with two attached hydrogens (primary N) is 1. The van der Waals surface area contributed by atoms with Crippen LogP contribution < -0.4 is 11.1 Å². The van der Waals surface area contributed by atoms with Gasteiger partial charge in [0.2, 0.25) is 0 Å². The normalized spacial score (nSPS) is 10.9. The molecule has 0 aromatic heterocycles. The van der Waals surface area contributed by atoms with E-state index in [0.717, 1.165) is 6.26 Å². The average molecular weight is 437 g/mol. The van der Waals surface area contributed by atoms with Gasteiger partial charge in [0.05, 0.1) is 11.8 Å². The van der Waals surface area contributed by atoms with Gasteiger partial charge in [-0.1, -0.05) is 48.5 Å². The summed E-state index contributed by atoms with van der Waals surface area (Å²) in [4.78, 5) is 25.4. The van der Waals surface area contributed by atoms with Crippen LogP contribution in [-0.2, 0) is 14.3 Å². The Morgan fingerprint density at radius 3 is 2.10 bits per heavy atom. The van der Waals surface area contributed by atoms with E-state index >= 15 is 0 Å². The number of hydrogen-bond donors (Lipinski definition) is 3. The number of rotatable bonds is 6. The Hall–Kier alpha value is -3.98. The summed E-state index contributed by atoms with van der Waals surface area (Å²) >= 11 is 0. The number of carbonyl (C=O) groups excluding carboxylic acids is 2. The maximum Gasteiger partial charge on any atom is 0.354 e. The highest BCUT2D eigenvalue weighted by Gasteiger charge is 2.21. The van der Waals surface area contributed by atoms with Crippen LogP contribution in [0.25, 0.3) is 11.1 Å². The van der Waals surface area contributed by atoms with Crippen molar-refractivity contribution in [3.8, 4) is 11.1 Å². The Morgan fingerprint density at radius 1 is 0.903 bits per heavy atom. The van der Waals surface area contributed by atoms with Crippen molar-refractivity contribution in [2.24, 2.45) is 5.73 Å². The van der Waals surface area contributed by atoms with Crippen molar-refractivity contribution >= 4 is 33.5 Å². The lowest BCUT2D eigenvalue weighted by Crippen LogP contribution is -2.16. The molecule has 0 saturated heterocycles. The van der Waals surface area contributed by atoms with Gasteiger partial charge in [0.15, 0.2) is 0 Å². The van der Waals surface area contributed by atoms with Crippen LogP contribution in [0.15, 0.2) is 72.8 Å². The van der Waals surface area contributed by atoms with Crippen LogP contribution >= 0.6 is 0 Å². The first kappa shape index (κ1) is 21.7. The van der Waals surface area contributed by atoms with Crippen molar-refractivity contribution in [1.82, 2.24) is 0 Å². The summed E-state index contributed by atoms with van der Waals surface area (Å²) in [5.74, 6) is -1.63. The Balaban J connectivity index is 2.00. The van der Waals surface area contributed by atoms with E-state index in [-0.39, 0.29) is 17.0 Å². The van der Waals surface area contributed by atoms with E-state index in [4.69, 9.17) is 11.1 Å². The van der Waals surface area contributed by atoms with Crippen molar-refractivity contribution in [2.45, 2.75) is 0 Å². The van der Waals surface area contributed by atoms with Crippen LogP contribution in [0.1, 0.15) is 26.3 Å². The van der Waals surface area contributed by atoms with Crippen molar-refractivity contribution < 1.29 is 22.2 Å². The van der Waals surface area contributed by atoms with Crippen molar-refractivity contribution in [1.29, 1.82) is 5.41 Å². The fraction of sp³-hybridized carbons (Fsp3) is 0.0455. The van der Waals surface area contributed by atoms with Crippen LogP contribution in [-0.4, -0.2) is 32.4 Å². The van der Waals surface area contributed by atoms with Crippen LogP contribution in [0, 0.1) is 5.41 Å². The zero-order valence-electron chi connectivity index (χ0n) is 16.5. The maximum atomic E-state index is 13.0. The third kappa shape index (κ3) is 5.34. The second kappa shape index (κ2) is 8.80. The molecule has 3 aromatic carbocycles. The second-order valence-corrected chi connectivity index (χ2v) is 8.19. The van der Waals surface area contributed by atoms with Gasteiger partial charge in [-0.15, -0.1) is 0 Å². The number of hydrogen-bond acceptors (Lipinski definition) is 6. The number of amidine groups is 1. The number of amides is 1. The van der Waals surface area contributed by atoms with Gasteiger partial charge in [-0.2, -0.15) is 8.42 Å². The Kier molecular flexibility index (Phi) is 6.17. The van der Waals surface area contributed by atoms with Crippen molar-refractivity contribution in [2.75, 3.05) is 11.6 Å². The molecule has 0 bridgehead atoms. The van der Waals surface area contributed by atoms with Crippen LogP contribution in [0.5, 0.6) is 0 Å². The van der Waals surface area contributed by atoms with Crippen molar-refractivity contribution in [3.05, 3.63) is 89.5 Å². The lowest BCUT2D eigenvalue weighted by Gasteiger charge is -2.13. The first-order valence-corrected chi connectivity index (χ1v) is 10.9. The minimum absolute atomic E-state index is 0.00625. The smallest absolute Gasteiger partial charge is 0.354 e. The molecule has 0 atom stereocenters. The highest BCUT2D eigenvalue weighted by atomic mass is 32.2. The fourth-order valence-electron chi connectivity index (χ4n) is 2.96. The van der Waals surface area contributed by atoms with E-state index in [1.165, 1.54) is 6.07 Å². The number of carbonyl (C=O) groups is 2. The molecule has 0 saturated carbocycles. The topological polar surface area (TPSA) is 139 Å². The lowest BCUT2D eigenvalue weighted by atomic mass is 9.95. The van der Waals surface area contributed by atoms with E-state index in [9.17, 15) is 18.0 Å². The summed E-state index contributed by atoms with van der Waals surface area (Å²) in [6.07, 6.45) is 0.782. The number of benzene rings is 3. The molecule has 0 heterocycles. The van der Waals surface area contributed by atoms with Gasteiger partial charge in [-0.25, -0.2) is 4.79 Å². The first-order chi connectivity index (χ1) is 14.7. The SMILES string of the molecule is CS(=O)(=O)OC(=O)c1ccccc1-c1ccccc1C(=O)Nc1cccc(C(=N)N)c1. The third-order valence-electron chi connectivity index (χ3n) is 4.27. The minimum atomic E-state index is -4.01. The highest BCUT2D eigenvalue weighted by Crippen LogP contribution is 2.29. The summed E-state index contributed by atoms with van der Waals surface area (Å²) in [6.45, 7) is 0. The molecule has 0 spiro atoms. The molecular formula is C22H19N3O5S. The standard InChI is InChI=1S/C22H19N3O5S/c1-31(28,29)30-22(27)19-12-5-3-10-17(19)16-9-2-4-11-18(16)21(26)25-15-8-6-7-14(13-15)20(23)24/h2-13H,1H3,(H3,23,24)(H,25,26). The molecule has 0 radical (unpaired) electrons. The Morgan fingerprint density at radius 2 is 1.48 bits per heavy atom. The average Bonchev–Trinajstić information content (AvgIpc) is 2.72. The lowest BCUT2D eigenvalue weighted by molar-refractivity contribution is 0.0748. The molecule has 0 aliphatic carbocycles. The first-order valence-electron chi connectivity index (χ1n) is 9.04. The summed E-state index contributed by atoms with van der Waals surface area (Å²) in [5, 5.41) is 10.3. The van der Waals surface area contributed by atoms with Crippen molar-refractivity contribution in [3.63, 3.8) is 0 Å². The van der Waals surface area contributed by atoms with Crippen LogP contribution in [0.3, 0.4) is 0 Å². The van der Waals surface area contributed by atoms with E-state index < -0.39 is 22.0 Å². The van der Waals surface area contributed by atoms with E-state index in [2.05, 4.69) is 9.50 Å². The highest BCUT2D eigenvalue weighted by molar-refractivity contribution is 7.86. The summed E-state index contributed by atoms with van der Waals surface area (Å²) in [5.41, 5.74) is 7.43. The molecule has 31 heavy (non-hydrogen) atoms. The predicted octanol–water partition coefficient (Wildman–Crippen LogP) is 3.01. The third-order valence-corrected chi connectivity index (χ3v) is 4.72. The number of anilines is 1. The molecule has 1 amide bonds. The van der Waals surface area contributed by atoms with Crippen LogP contribution in [0.2, 0.25) is 0 Å². The predicted molar refractivity (Wildman–Crippen MR) is 118 cm³/mol. The summed E-state index contributed by atoms with van der Waals surface area (Å²) in [6, 6.07) is 19.4. The van der Waals surface area contributed by atoms with Gasteiger partial charge in [-0.3, -0.25) is 10.2 Å². The fourth-order valence-corrected chi connectivity index (χ4v) is 3.32. The molecule has 0 aliphatic heterocycles. The molecule has 0 unspecified atom stereocenters. The Labute approximate surface area is 179 Å². The molecule has 4 N–H and O–H groups in total. The second-order valence-electron chi connectivity index (χ2n) is 6.61. The summed E-state index contributed by atoms with van der Waals surface area (Å²) in [7, 11) is -4.01. The number of nitrogens with one attached hydrogen (secondary N) is 2. The molecule has 0 aliphatic rings. The van der Waals surface area contributed by atoms with Gasteiger partial charge in [0, 0.05) is 16.8 Å². The Bertz CT molecular complexity index is 1290. The molecule has 158 valence electrons. The summed E-state index contributed by atoms with van der Waals surface area (Å²) < 4.78 is 27.3. The van der Waals surface area contributed by atoms with Gasteiger partial charge in [-0.05, 0) is 35.4 Å². The minimum Gasteiger partial charge on any atom is -0.384 e. The molecule has 8 nitrogen and oxygen atoms in total. The molecular weight excluding hydrogens is 418 g/mol. The van der Waals surface area contributed by atoms with Gasteiger partial charge in [0.25, 0.3) is 5.91 Å². The van der Waals surface area contributed by atoms with Gasteiger partial charge < -0.3 is 15.2 Å². The number of nitrogen functional groups attached to an aromatic ring is 1. The molecule has 3 aromatic rings. The molecule has 0 fully saturated rings. The molecule has 9 heteroatoms. The van der Waals surface area contributed by atoms with E-state index in [1.54, 1.807) is 66.7 Å². The van der Waals surface area contributed by atoms with E-state index in [1.807, 2.05) is 0 Å². The largest absolute Gasteiger partial charge is 0.384 e. The van der Waals surface area contributed by atoms with Gasteiger partial charge >= 0.3 is 16.1 Å². The van der Waals surface area contributed by atoms with Crippen LogP contribution in [0.4, 0.5) is 5.69 Å². The molecule has 3 rings (SSSR count). The zero-order valence-corrected chi connectivity index (χ0v) is 17.3. The van der Waals surface area contributed by atoms with E-state index in [0.29, 0.717) is 22.4 Å². The quantitative estimate of drug-likeness (QED) is 0.308. The maximum absolute atomic E-state index is 13.0. The zero-order chi connectivity index (χ0) is 22.6. The monoisotopic (exact) mass is 437 g/mol. The van der Waals surface area contributed by atoms with Gasteiger partial charge in [0.1, 0.15) is 5.84 Å².